The first-order chi connectivity index (χ1) is 15.4. The number of nitrogens with one attached hydrogen (secondary N) is 2. The van der Waals surface area contributed by atoms with Crippen molar-refractivity contribution in [3.8, 4) is 0 Å². The zero-order chi connectivity index (χ0) is 22.7. The third-order valence-corrected chi connectivity index (χ3v) is 6.77. The van der Waals surface area contributed by atoms with E-state index in [-0.39, 0.29) is 27.9 Å². The number of para-hydroxylation sites is 1. The van der Waals surface area contributed by atoms with Gasteiger partial charge in [-0.1, -0.05) is 65.8 Å². The summed E-state index contributed by atoms with van der Waals surface area (Å²) in [6.07, 6.45) is 0. The molecule has 162 valence electrons. The van der Waals surface area contributed by atoms with Gasteiger partial charge in [-0.05, 0) is 23.8 Å². The number of aromatic amines is 1. The number of nitrogens with zero attached hydrogens (tertiary/aromatic N) is 1. The Labute approximate surface area is 184 Å². The normalized spacial score (nSPS) is 12.1. The second kappa shape index (κ2) is 8.56. The summed E-state index contributed by atoms with van der Waals surface area (Å²) < 4.78 is 26.6. The Balaban J connectivity index is 1.68. The first-order valence-electron chi connectivity index (χ1n) is 9.67. The van der Waals surface area contributed by atoms with E-state index in [1.807, 2.05) is 0 Å². The first kappa shape index (κ1) is 21.1. The van der Waals surface area contributed by atoms with Gasteiger partial charge in [-0.25, -0.2) is 8.42 Å². The molecule has 4 rings (SSSR count). The van der Waals surface area contributed by atoms with Gasteiger partial charge in [-0.3, -0.25) is 4.79 Å². The number of carbonyl (C=O) groups is 1. The van der Waals surface area contributed by atoms with Crippen LogP contribution in [-0.4, -0.2) is 30.4 Å². The molecule has 0 radical (unpaired) electrons. The van der Waals surface area contributed by atoms with Gasteiger partial charge in [0.05, 0.1) is 10.5 Å². The second-order valence-electron chi connectivity index (χ2n) is 7.06. The molecule has 0 bridgehead atoms. The molecule has 1 aromatic heterocycles. The Hall–Kier alpha value is -4.11. The van der Waals surface area contributed by atoms with Crippen LogP contribution >= 0.6 is 0 Å². The van der Waals surface area contributed by atoms with Gasteiger partial charge in [0.1, 0.15) is 0 Å². The highest BCUT2D eigenvalue weighted by Gasteiger charge is 2.28. The van der Waals surface area contributed by atoms with Crippen molar-refractivity contribution >= 4 is 32.5 Å². The van der Waals surface area contributed by atoms with Crippen LogP contribution in [0.4, 0.5) is 0 Å². The highest BCUT2D eigenvalue weighted by Crippen LogP contribution is 2.30. The van der Waals surface area contributed by atoms with E-state index in [1.165, 1.54) is 12.1 Å². The zero-order valence-corrected chi connectivity index (χ0v) is 17.6. The average Bonchev–Trinajstić information content (AvgIpc) is 3.23. The molecular weight excluding hydrogens is 428 g/mol. The number of fused-ring (bicyclic) bond motifs is 1. The van der Waals surface area contributed by atoms with Crippen LogP contribution in [0.15, 0.2) is 93.9 Å². The lowest BCUT2D eigenvalue weighted by Crippen LogP contribution is -2.24. The van der Waals surface area contributed by atoms with Crippen molar-refractivity contribution in [2.24, 2.45) is 10.9 Å². The molecule has 32 heavy (non-hydrogen) atoms. The van der Waals surface area contributed by atoms with Crippen LogP contribution in [0.3, 0.4) is 0 Å². The van der Waals surface area contributed by atoms with Crippen molar-refractivity contribution in [3.63, 3.8) is 0 Å². The van der Waals surface area contributed by atoms with E-state index < -0.39 is 15.7 Å². The Morgan fingerprint density at radius 2 is 1.62 bits per heavy atom. The molecule has 1 heterocycles. The maximum absolute atomic E-state index is 13.3. The van der Waals surface area contributed by atoms with Crippen LogP contribution in [0, 0.1) is 0 Å². The average molecular weight is 449 g/mol. The number of hydrogen-bond acceptors (Lipinski definition) is 5. The van der Waals surface area contributed by atoms with E-state index in [9.17, 15) is 13.2 Å². The molecule has 0 atom stereocenters. The number of aromatic nitrogens is 1. The Bertz CT molecular complexity index is 1410. The smallest absolute Gasteiger partial charge is 0.255 e. The van der Waals surface area contributed by atoms with Crippen molar-refractivity contribution in [1.29, 1.82) is 0 Å². The van der Waals surface area contributed by atoms with Crippen molar-refractivity contribution in [3.05, 3.63) is 95.6 Å². The summed E-state index contributed by atoms with van der Waals surface area (Å²) in [5.41, 5.74) is 7.48. The summed E-state index contributed by atoms with van der Waals surface area (Å²) in [6, 6.07) is 21.7. The van der Waals surface area contributed by atoms with Gasteiger partial charge in [0.15, 0.2) is 10.9 Å². The maximum Gasteiger partial charge on any atom is 0.255 e. The van der Waals surface area contributed by atoms with Crippen LogP contribution in [0.2, 0.25) is 0 Å². The van der Waals surface area contributed by atoms with Crippen LogP contribution in [-0.2, 0) is 16.4 Å². The summed E-state index contributed by atoms with van der Waals surface area (Å²) in [5, 5.41) is 14.9. The van der Waals surface area contributed by atoms with E-state index in [1.54, 1.807) is 66.7 Å². The van der Waals surface area contributed by atoms with Gasteiger partial charge in [-0.15, -0.1) is 0 Å². The van der Waals surface area contributed by atoms with Gasteiger partial charge >= 0.3 is 0 Å². The maximum atomic E-state index is 13.3. The molecule has 0 aliphatic carbocycles. The third-order valence-electron chi connectivity index (χ3n) is 5.03. The van der Waals surface area contributed by atoms with Crippen molar-refractivity contribution in [2.45, 2.75) is 16.5 Å². The molecule has 3 aromatic carbocycles. The fourth-order valence-corrected chi connectivity index (χ4v) is 4.85. The number of amides is 1. The molecule has 0 spiro atoms. The third kappa shape index (κ3) is 3.93. The number of rotatable bonds is 6. The Morgan fingerprint density at radius 1 is 0.969 bits per heavy atom. The molecule has 9 heteroatoms. The zero-order valence-electron chi connectivity index (χ0n) is 16.8. The van der Waals surface area contributed by atoms with Crippen LogP contribution in [0.1, 0.15) is 21.5 Å². The molecular formula is C23H20N4O4S. The lowest BCUT2D eigenvalue weighted by molar-refractivity contribution is 0.0949. The fourth-order valence-electron chi connectivity index (χ4n) is 3.38. The van der Waals surface area contributed by atoms with E-state index in [0.717, 1.165) is 5.56 Å². The highest BCUT2D eigenvalue weighted by atomic mass is 32.2. The predicted molar refractivity (Wildman–Crippen MR) is 120 cm³/mol. The molecule has 0 aliphatic heterocycles. The summed E-state index contributed by atoms with van der Waals surface area (Å²) >= 11 is 0. The van der Waals surface area contributed by atoms with Crippen LogP contribution in [0.5, 0.6) is 0 Å². The van der Waals surface area contributed by atoms with Gasteiger partial charge in [-0.2, -0.15) is 0 Å². The molecule has 4 aromatic rings. The molecule has 0 saturated carbocycles. The topological polar surface area (TPSA) is 138 Å². The minimum Gasteiger partial charge on any atom is -0.409 e. The van der Waals surface area contributed by atoms with Crippen molar-refractivity contribution in [1.82, 2.24) is 10.3 Å². The standard InChI is InChI=1S/C23H20N4O4S/c24-21(27-29)16-12-10-15(11-13-16)14-25-22(28)20-18-8-4-5-9-19(18)26-23(20)32(30,31)17-6-2-1-3-7-17/h1-13,26,29H,14H2,(H2,24,27)(H,25,28). The largest absolute Gasteiger partial charge is 0.409 e. The van der Waals surface area contributed by atoms with Crippen LogP contribution < -0.4 is 11.1 Å². The number of nitrogens with two attached hydrogens (primary N) is 1. The molecule has 8 nitrogen and oxygen atoms in total. The monoisotopic (exact) mass is 448 g/mol. The van der Waals surface area contributed by atoms with E-state index in [2.05, 4.69) is 15.5 Å². The summed E-state index contributed by atoms with van der Waals surface area (Å²) in [7, 11) is -3.94. The number of H-pyrrole nitrogens is 1. The molecule has 0 fully saturated rings. The number of oxime groups is 1. The lowest BCUT2D eigenvalue weighted by Gasteiger charge is -2.09. The van der Waals surface area contributed by atoms with Gasteiger partial charge < -0.3 is 21.2 Å². The number of benzene rings is 3. The van der Waals surface area contributed by atoms with Gasteiger partial charge in [0, 0.05) is 23.0 Å². The van der Waals surface area contributed by atoms with E-state index in [0.29, 0.717) is 16.5 Å². The van der Waals surface area contributed by atoms with Gasteiger partial charge in [0.25, 0.3) is 5.91 Å². The lowest BCUT2D eigenvalue weighted by atomic mass is 10.1. The Morgan fingerprint density at radius 3 is 2.31 bits per heavy atom. The fraction of sp³-hybridized carbons (Fsp3) is 0.0435. The SMILES string of the molecule is NC(=NO)c1ccc(CNC(=O)c2c(S(=O)(=O)c3ccccc3)[nH]c3ccccc23)cc1. The highest BCUT2D eigenvalue weighted by molar-refractivity contribution is 7.91. The van der Waals surface area contributed by atoms with E-state index in [4.69, 9.17) is 10.9 Å². The minimum atomic E-state index is -3.94. The van der Waals surface area contributed by atoms with Crippen molar-refractivity contribution < 1.29 is 18.4 Å². The Kier molecular flexibility index (Phi) is 5.65. The second-order valence-corrected chi connectivity index (χ2v) is 8.94. The summed E-state index contributed by atoms with van der Waals surface area (Å²) in [4.78, 5) is 16.2. The summed E-state index contributed by atoms with van der Waals surface area (Å²) in [6.45, 7) is 0.166. The molecule has 1 amide bonds. The van der Waals surface area contributed by atoms with E-state index >= 15 is 0 Å². The number of amidine groups is 1. The number of carbonyl (C=O) groups excluding carboxylic acids is 1. The first-order valence-corrected chi connectivity index (χ1v) is 11.2. The van der Waals surface area contributed by atoms with Crippen LogP contribution in [0.25, 0.3) is 10.9 Å². The number of hydrogen-bond donors (Lipinski definition) is 4. The molecule has 0 unspecified atom stereocenters. The quantitative estimate of drug-likeness (QED) is 0.155. The predicted octanol–water partition coefficient (Wildman–Crippen LogP) is 3.03. The minimum absolute atomic E-state index is 0.0184. The molecule has 0 saturated heterocycles. The van der Waals surface area contributed by atoms with Gasteiger partial charge in [0.2, 0.25) is 9.84 Å². The molecule has 0 aliphatic rings. The van der Waals surface area contributed by atoms with Crippen molar-refractivity contribution in [2.75, 3.05) is 0 Å². The number of sulfone groups is 1. The molecule has 5 N–H and O–H groups in total. The summed E-state index contributed by atoms with van der Waals surface area (Å²) in [5.74, 6) is -0.535.